The first kappa shape index (κ1) is 17.0. The number of amides is 1. The molecule has 3 nitrogen and oxygen atoms in total. The Bertz CT molecular complexity index is 846. The Balaban J connectivity index is 1.59. The second-order valence-electron chi connectivity index (χ2n) is 5.20. The molecule has 0 fully saturated rings. The highest BCUT2D eigenvalue weighted by molar-refractivity contribution is 7.13. The number of thiazole rings is 1. The number of nitrogens with one attached hydrogen (secondary N) is 1. The average Bonchev–Trinajstić information content (AvgIpc) is 3.03. The van der Waals surface area contributed by atoms with Gasteiger partial charge in [-0.15, -0.1) is 11.3 Å². The molecule has 0 unspecified atom stereocenters. The minimum absolute atomic E-state index is 0.0686. The maximum Gasteiger partial charge on any atom is 0.226 e. The molecule has 0 saturated carbocycles. The Morgan fingerprint density at radius 1 is 1.08 bits per heavy atom. The lowest BCUT2D eigenvalue weighted by Gasteiger charge is -2.04. The lowest BCUT2D eigenvalue weighted by atomic mass is 10.2. The van der Waals surface area contributed by atoms with Crippen molar-refractivity contribution in [2.75, 3.05) is 0 Å². The van der Waals surface area contributed by atoms with Gasteiger partial charge in [0.2, 0.25) is 5.91 Å². The zero-order valence-corrected chi connectivity index (χ0v) is 15.0. The van der Waals surface area contributed by atoms with E-state index in [4.69, 9.17) is 23.2 Å². The van der Waals surface area contributed by atoms with Crippen LogP contribution in [0.25, 0.3) is 10.6 Å². The molecular weight excluding hydrogens is 363 g/mol. The topological polar surface area (TPSA) is 42.0 Å². The summed E-state index contributed by atoms with van der Waals surface area (Å²) >= 11 is 13.5. The van der Waals surface area contributed by atoms with Crippen molar-refractivity contribution in [3.63, 3.8) is 0 Å². The van der Waals surface area contributed by atoms with Crippen LogP contribution in [-0.2, 0) is 17.8 Å². The summed E-state index contributed by atoms with van der Waals surface area (Å²) in [5.41, 5.74) is 2.63. The molecule has 1 aromatic heterocycles. The number of rotatable bonds is 5. The SMILES string of the molecule is O=C(Cc1csc(-c2ccccc2Cl)n1)NCc1ccc(Cl)cc1. The van der Waals surface area contributed by atoms with Gasteiger partial charge in [-0.25, -0.2) is 4.98 Å². The first-order chi connectivity index (χ1) is 11.6. The first-order valence-electron chi connectivity index (χ1n) is 7.32. The Hall–Kier alpha value is -1.88. The summed E-state index contributed by atoms with van der Waals surface area (Å²) in [7, 11) is 0. The fourth-order valence-corrected chi connectivity index (χ4v) is 3.44. The molecule has 122 valence electrons. The van der Waals surface area contributed by atoms with Crippen LogP contribution in [-0.4, -0.2) is 10.9 Å². The van der Waals surface area contributed by atoms with Crippen LogP contribution in [0.4, 0.5) is 0 Å². The van der Waals surface area contributed by atoms with Gasteiger partial charge < -0.3 is 5.32 Å². The second-order valence-corrected chi connectivity index (χ2v) is 6.91. The number of aromatic nitrogens is 1. The fraction of sp³-hybridized carbons (Fsp3) is 0.111. The number of hydrogen-bond donors (Lipinski definition) is 1. The number of hydrogen-bond acceptors (Lipinski definition) is 3. The minimum atomic E-state index is -0.0686. The third-order valence-corrected chi connectivity index (χ3v) is 4.91. The van der Waals surface area contributed by atoms with Crippen molar-refractivity contribution in [3.05, 3.63) is 75.2 Å². The van der Waals surface area contributed by atoms with E-state index >= 15 is 0 Å². The maximum absolute atomic E-state index is 12.1. The molecule has 1 heterocycles. The van der Waals surface area contributed by atoms with Gasteiger partial charge in [-0.3, -0.25) is 4.79 Å². The van der Waals surface area contributed by atoms with Crippen LogP contribution < -0.4 is 5.32 Å². The molecule has 1 amide bonds. The summed E-state index contributed by atoms with van der Waals surface area (Å²) < 4.78 is 0. The third-order valence-electron chi connectivity index (χ3n) is 3.40. The number of nitrogens with zero attached hydrogens (tertiary/aromatic N) is 1. The van der Waals surface area contributed by atoms with Crippen LogP contribution in [0.1, 0.15) is 11.3 Å². The van der Waals surface area contributed by atoms with Crippen molar-refractivity contribution in [3.8, 4) is 10.6 Å². The van der Waals surface area contributed by atoms with Crippen molar-refractivity contribution in [2.45, 2.75) is 13.0 Å². The Kier molecular flexibility index (Phi) is 5.51. The molecule has 0 aliphatic carbocycles. The second kappa shape index (κ2) is 7.79. The van der Waals surface area contributed by atoms with Gasteiger partial charge in [0.15, 0.2) is 0 Å². The highest BCUT2D eigenvalue weighted by Crippen LogP contribution is 2.30. The molecule has 0 saturated heterocycles. The van der Waals surface area contributed by atoms with Crippen LogP contribution in [0, 0.1) is 0 Å². The Labute approximate surface area is 154 Å². The molecule has 1 N–H and O–H groups in total. The van der Waals surface area contributed by atoms with E-state index in [1.807, 2.05) is 41.8 Å². The molecular formula is C18H14Cl2N2OS. The molecule has 24 heavy (non-hydrogen) atoms. The van der Waals surface area contributed by atoms with Crippen LogP contribution in [0.3, 0.4) is 0 Å². The molecule has 0 spiro atoms. The van der Waals surface area contributed by atoms with Gasteiger partial charge in [0, 0.05) is 22.5 Å². The predicted octanol–water partition coefficient (Wildman–Crippen LogP) is 4.98. The molecule has 3 aromatic rings. The van der Waals surface area contributed by atoms with Crippen LogP contribution in [0.2, 0.25) is 10.0 Å². The summed E-state index contributed by atoms with van der Waals surface area (Å²) in [6.07, 6.45) is 0.245. The predicted molar refractivity (Wildman–Crippen MR) is 99.6 cm³/mol. The lowest BCUT2D eigenvalue weighted by molar-refractivity contribution is -0.120. The zero-order chi connectivity index (χ0) is 16.9. The van der Waals surface area contributed by atoms with Gasteiger partial charge in [-0.2, -0.15) is 0 Å². The summed E-state index contributed by atoms with van der Waals surface area (Å²) in [5.74, 6) is -0.0686. The van der Waals surface area contributed by atoms with Gasteiger partial charge in [0.05, 0.1) is 17.1 Å². The van der Waals surface area contributed by atoms with Crippen LogP contribution >= 0.6 is 34.5 Å². The van der Waals surface area contributed by atoms with E-state index in [2.05, 4.69) is 10.3 Å². The molecule has 0 atom stereocenters. The van der Waals surface area contributed by atoms with E-state index in [1.165, 1.54) is 11.3 Å². The third kappa shape index (κ3) is 4.35. The largest absolute Gasteiger partial charge is 0.352 e. The molecule has 3 rings (SSSR count). The molecule has 0 aliphatic heterocycles. The standard InChI is InChI=1S/C18H14Cl2N2OS/c19-13-7-5-12(6-8-13)10-21-17(23)9-14-11-24-18(22-14)15-3-1-2-4-16(15)20/h1-8,11H,9-10H2,(H,21,23). The van der Waals surface area contributed by atoms with E-state index in [0.29, 0.717) is 16.6 Å². The van der Waals surface area contributed by atoms with Crippen molar-refractivity contribution in [1.82, 2.24) is 10.3 Å². The van der Waals surface area contributed by atoms with E-state index < -0.39 is 0 Å². The number of carbonyl (C=O) groups is 1. The number of benzene rings is 2. The van der Waals surface area contributed by atoms with E-state index in [0.717, 1.165) is 21.8 Å². The van der Waals surface area contributed by atoms with Crippen molar-refractivity contribution >= 4 is 40.4 Å². The van der Waals surface area contributed by atoms with Gasteiger partial charge in [-0.1, -0.05) is 53.5 Å². The fourth-order valence-electron chi connectivity index (χ4n) is 2.18. The average molecular weight is 377 g/mol. The first-order valence-corrected chi connectivity index (χ1v) is 8.96. The quantitative estimate of drug-likeness (QED) is 0.682. The minimum Gasteiger partial charge on any atom is -0.352 e. The van der Waals surface area contributed by atoms with Gasteiger partial charge >= 0.3 is 0 Å². The molecule has 0 bridgehead atoms. The van der Waals surface area contributed by atoms with Crippen LogP contribution in [0.15, 0.2) is 53.9 Å². The molecule has 0 radical (unpaired) electrons. The van der Waals surface area contributed by atoms with E-state index in [-0.39, 0.29) is 12.3 Å². The van der Waals surface area contributed by atoms with Gasteiger partial charge in [0.1, 0.15) is 5.01 Å². The summed E-state index contributed by atoms with van der Waals surface area (Å²) in [6, 6.07) is 14.9. The number of halogens is 2. The molecule has 6 heteroatoms. The van der Waals surface area contributed by atoms with Crippen molar-refractivity contribution in [2.24, 2.45) is 0 Å². The monoisotopic (exact) mass is 376 g/mol. The number of carbonyl (C=O) groups excluding carboxylic acids is 1. The summed E-state index contributed by atoms with van der Waals surface area (Å²) in [6.45, 7) is 0.470. The summed E-state index contributed by atoms with van der Waals surface area (Å²) in [5, 5.41) is 6.93. The normalized spacial score (nSPS) is 10.6. The smallest absolute Gasteiger partial charge is 0.226 e. The maximum atomic E-state index is 12.1. The van der Waals surface area contributed by atoms with Gasteiger partial charge in [-0.05, 0) is 23.8 Å². The van der Waals surface area contributed by atoms with Crippen molar-refractivity contribution < 1.29 is 4.79 Å². The van der Waals surface area contributed by atoms with E-state index in [1.54, 1.807) is 12.1 Å². The zero-order valence-electron chi connectivity index (χ0n) is 12.6. The van der Waals surface area contributed by atoms with Gasteiger partial charge in [0.25, 0.3) is 0 Å². The highest BCUT2D eigenvalue weighted by atomic mass is 35.5. The Morgan fingerprint density at radius 3 is 2.58 bits per heavy atom. The van der Waals surface area contributed by atoms with Crippen molar-refractivity contribution in [1.29, 1.82) is 0 Å². The lowest BCUT2D eigenvalue weighted by Crippen LogP contribution is -2.24. The molecule has 2 aromatic carbocycles. The van der Waals surface area contributed by atoms with E-state index in [9.17, 15) is 4.79 Å². The summed E-state index contributed by atoms with van der Waals surface area (Å²) in [4.78, 5) is 16.6. The highest BCUT2D eigenvalue weighted by Gasteiger charge is 2.11. The van der Waals surface area contributed by atoms with Crippen LogP contribution in [0.5, 0.6) is 0 Å². The molecule has 0 aliphatic rings. The Morgan fingerprint density at radius 2 is 1.83 bits per heavy atom.